The second-order valence-corrected chi connectivity index (χ2v) is 3.50. The van der Waals surface area contributed by atoms with Gasteiger partial charge in [-0.15, -0.1) is 0 Å². The van der Waals surface area contributed by atoms with Crippen molar-refractivity contribution in [2.24, 2.45) is 4.40 Å². The van der Waals surface area contributed by atoms with E-state index in [9.17, 15) is 5.11 Å². The molecule has 0 aliphatic heterocycles. The average Bonchev–Trinajstić information content (AvgIpc) is 2.15. The van der Waals surface area contributed by atoms with Crippen molar-refractivity contribution in [3.63, 3.8) is 0 Å². The van der Waals surface area contributed by atoms with Gasteiger partial charge in [0.05, 0.1) is 0 Å². The highest BCUT2D eigenvalue weighted by molar-refractivity contribution is 7.98. The summed E-state index contributed by atoms with van der Waals surface area (Å²) in [6.45, 7) is 2.11. The maximum Gasteiger partial charge on any atom is 0.124 e. The predicted molar refractivity (Wildman–Crippen MR) is 58.4 cm³/mol. The van der Waals surface area contributed by atoms with Gasteiger partial charge in [0, 0.05) is 17.5 Å². The number of benzene rings is 1. The predicted octanol–water partition coefficient (Wildman–Crippen LogP) is 2.87. The van der Waals surface area contributed by atoms with Crippen LogP contribution in [-0.4, -0.2) is 17.1 Å². The van der Waals surface area contributed by atoms with E-state index in [4.69, 9.17) is 0 Å². The molecule has 0 radical (unpaired) electrons. The fourth-order valence-electron chi connectivity index (χ4n) is 0.835. The van der Waals surface area contributed by atoms with E-state index in [0.29, 0.717) is 0 Å². The first-order valence-electron chi connectivity index (χ1n) is 4.28. The van der Waals surface area contributed by atoms with Crippen LogP contribution < -0.4 is 0 Å². The van der Waals surface area contributed by atoms with Crippen LogP contribution in [0.4, 0.5) is 0 Å². The number of para-hydroxylation sites is 1. The van der Waals surface area contributed by atoms with Crippen molar-refractivity contribution in [1.82, 2.24) is 0 Å². The Morgan fingerprint density at radius 3 is 2.92 bits per heavy atom. The SMILES string of the molecule is CCCSN=Cc1ccccc1O. The zero-order valence-electron chi connectivity index (χ0n) is 7.60. The van der Waals surface area contributed by atoms with Crippen molar-refractivity contribution in [2.75, 3.05) is 5.75 Å². The summed E-state index contributed by atoms with van der Waals surface area (Å²) in [6, 6.07) is 7.18. The molecule has 0 fully saturated rings. The lowest BCUT2D eigenvalue weighted by Crippen LogP contribution is -1.80. The van der Waals surface area contributed by atoms with Gasteiger partial charge in [-0.1, -0.05) is 19.1 Å². The lowest BCUT2D eigenvalue weighted by Gasteiger charge is -1.95. The quantitative estimate of drug-likeness (QED) is 0.455. The van der Waals surface area contributed by atoms with Crippen molar-refractivity contribution in [3.05, 3.63) is 29.8 Å². The summed E-state index contributed by atoms with van der Waals surface area (Å²) in [5, 5.41) is 9.37. The molecule has 0 saturated heterocycles. The topological polar surface area (TPSA) is 32.6 Å². The monoisotopic (exact) mass is 195 g/mol. The van der Waals surface area contributed by atoms with E-state index in [1.165, 1.54) is 11.9 Å². The van der Waals surface area contributed by atoms with Gasteiger partial charge < -0.3 is 5.11 Å². The molecule has 2 nitrogen and oxygen atoms in total. The first-order valence-corrected chi connectivity index (χ1v) is 5.22. The third-order valence-corrected chi connectivity index (χ3v) is 2.34. The summed E-state index contributed by atoms with van der Waals surface area (Å²) in [6.07, 6.45) is 2.80. The van der Waals surface area contributed by atoms with Crippen LogP contribution in [0.2, 0.25) is 0 Å². The molecule has 0 saturated carbocycles. The summed E-state index contributed by atoms with van der Waals surface area (Å²) < 4.78 is 4.12. The summed E-state index contributed by atoms with van der Waals surface area (Å²) in [7, 11) is 0. The average molecular weight is 195 g/mol. The zero-order chi connectivity index (χ0) is 9.52. The molecule has 0 aliphatic rings. The van der Waals surface area contributed by atoms with Gasteiger partial charge in [-0.05, 0) is 30.5 Å². The minimum Gasteiger partial charge on any atom is -0.507 e. The van der Waals surface area contributed by atoms with Crippen molar-refractivity contribution in [1.29, 1.82) is 0 Å². The fourth-order valence-corrected chi connectivity index (χ4v) is 1.31. The molecule has 1 rings (SSSR count). The van der Waals surface area contributed by atoms with E-state index in [0.717, 1.165) is 17.7 Å². The zero-order valence-corrected chi connectivity index (χ0v) is 8.42. The van der Waals surface area contributed by atoms with E-state index in [-0.39, 0.29) is 5.75 Å². The Bertz CT molecular complexity index is 286. The van der Waals surface area contributed by atoms with Crippen LogP contribution in [0, 0.1) is 0 Å². The number of nitrogens with zero attached hydrogens (tertiary/aromatic N) is 1. The van der Waals surface area contributed by atoms with Gasteiger partial charge in [0.1, 0.15) is 5.75 Å². The minimum absolute atomic E-state index is 0.281. The number of aromatic hydroxyl groups is 1. The standard InChI is InChI=1S/C10H13NOS/c1-2-7-13-11-8-9-5-3-4-6-10(9)12/h3-6,8,12H,2,7H2,1H3. The van der Waals surface area contributed by atoms with Crippen molar-refractivity contribution in [2.45, 2.75) is 13.3 Å². The largest absolute Gasteiger partial charge is 0.507 e. The Kier molecular flexibility index (Phi) is 4.40. The highest BCUT2D eigenvalue weighted by Gasteiger charge is 1.93. The maximum absolute atomic E-state index is 9.37. The molecule has 0 aliphatic carbocycles. The minimum atomic E-state index is 0.281. The molecule has 1 aromatic carbocycles. The lowest BCUT2D eigenvalue weighted by molar-refractivity contribution is 0.474. The number of hydrogen-bond acceptors (Lipinski definition) is 3. The molecule has 3 heteroatoms. The van der Waals surface area contributed by atoms with Gasteiger partial charge in [0.2, 0.25) is 0 Å². The molecule has 0 unspecified atom stereocenters. The Hall–Kier alpha value is -0.960. The van der Waals surface area contributed by atoms with Gasteiger partial charge in [-0.25, -0.2) is 4.40 Å². The van der Waals surface area contributed by atoms with E-state index in [1.54, 1.807) is 18.3 Å². The molecule has 70 valence electrons. The van der Waals surface area contributed by atoms with Gasteiger partial charge in [-0.2, -0.15) is 0 Å². The maximum atomic E-state index is 9.37. The summed E-state index contributed by atoms with van der Waals surface area (Å²) in [4.78, 5) is 0. The summed E-state index contributed by atoms with van der Waals surface area (Å²) >= 11 is 1.52. The molecule has 0 heterocycles. The van der Waals surface area contributed by atoms with Gasteiger partial charge in [-0.3, -0.25) is 0 Å². The molecule has 0 aromatic heterocycles. The van der Waals surface area contributed by atoms with Gasteiger partial charge in [0.15, 0.2) is 0 Å². The molecule has 0 spiro atoms. The highest BCUT2D eigenvalue weighted by atomic mass is 32.2. The fraction of sp³-hybridized carbons (Fsp3) is 0.300. The lowest BCUT2D eigenvalue weighted by atomic mass is 10.2. The molecular weight excluding hydrogens is 182 g/mol. The number of phenolic OH excluding ortho intramolecular Hbond substituents is 1. The van der Waals surface area contributed by atoms with Crippen LogP contribution in [0.1, 0.15) is 18.9 Å². The smallest absolute Gasteiger partial charge is 0.124 e. The van der Waals surface area contributed by atoms with E-state index >= 15 is 0 Å². The van der Waals surface area contributed by atoms with Gasteiger partial charge in [0.25, 0.3) is 0 Å². The molecule has 0 amide bonds. The first kappa shape index (κ1) is 10.1. The van der Waals surface area contributed by atoms with Crippen LogP contribution in [0.3, 0.4) is 0 Å². The third-order valence-electron chi connectivity index (χ3n) is 1.50. The molecule has 1 aromatic rings. The molecule has 0 atom stereocenters. The molecular formula is C10H13NOS. The summed E-state index contributed by atoms with van der Waals surface area (Å²) in [5.74, 6) is 1.30. The van der Waals surface area contributed by atoms with Crippen LogP contribution >= 0.6 is 11.9 Å². The second-order valence-electron chi connectivity index (χ2n) is 2.63. The van der Waals surface area contributed by atoms with E-state index in [1.807, 2.05) is 12.1 Å². The Labute approximate surface area is 82.8 Å². The summed E-state index contributed by atoms with van der Waals surface area (Å²) in [5.41, 5.74) is 0.770. The molecule has 0 bridgehead atoms. The Balaban J connectivity index is 2.53. The first-order chi connectivity index (χ1) is 6.34. The van der Waals surface area contributed by atoms with Crippen molar-refractivity contribution >= 4 is 18.2 Å². The molecule has 1 N–H and O–H groups in total. The Morgan fingerprint density at radius 2 is 2.23 bits per heavy atom. The van der Waals surface area contributed by atoms with Gasteiger partial charge >= 0.3 is 0 Å². The normalized spacial score (nSPS) is 10.8. The van der Waals surface area contributed by atoms with Crippen LogP contribution in [0.15, 0.2) is 28.7 Å². The van der Waals surface area contributed by atoms with E-state index in [2.05, 4.69) is 11.3 Å². The molecule has 13 heavy (non-hydrogen) atoms. The van der Waals surface area contributed by atoms with Crippen LogP contribution in [0.5, 0.6) is 5.75 Å². The second kappa shape index (κ2) is 5.65. The van der Waals surface area contributed by atoms with Crippen molar-refractivity contribution < 1.29 is 5.11 Å². The van der Waals surface area contributed by atoms with Crippen LogP contribution in [-0.2, 0) is 0 Å². The van der Waals surface area contributed by atoms with Crippen molar-refractivity contribution in [3.8, 4) is 5.75 Å². The Morgan fingerprint density at radius 1 is 1.46 bits per heavy atom. The van der Waals surface area contributed by atoms with E-state index < -0.39 is 0 Å². The third kappa shape index (κ3) is 3.51. The highest BCUT2D eigenvalue weighted by Crippen LogP contribution is 2.14. The van der Waals surface area contributed by atoms with Crippen LogP contribution in [0.25, 0.3) is 0 Å². The number of hydrogen-bond donors (Lipinski definition) is 1. The number of rotatable bonds is 4. The number of phenols is 1.